The van der Waals surface area contributed by atoms with Crippen molar-refractivity contribution in [3.8, 4) is 0 Å². The molecular formula is C40H52N5O8-. The Kier molecular flexibility index (Phi) is 14.0. The predicted molar refractivity (Wildman–Crippen MR) is 198 cm³/mol. The largest absolute Gasteiger partial charge is 0.530 e. The van der Waals surface area contributed by atoms with Gasteiger partial charge in [0.05, 0.1) is 24.3 Å². The van der Waals surface area contributed by atoms with Crippen LogP contribution >= 0.6 is 0 Å². The van der Waals surface area contributed by atoms with Crippen molar-refractivity contribution < 1.29 is 38.9 Å². The molecule has 0 aliphatic carbocycles. The Bertz CT molecular complexity index is 1740. The van der Waals surface area contributed by atoms with E-state index in [1.807, 2.05) is 66.7 Å². The monoisotopic (exact) mass is 730 g/mol. The van der Waals surface area contributed by atoms with Crippen LogP contribution in [0.5, 0.6) is 0 Å². The van der Waals surface area contributed by atoms with Crippen molar-refractivity contribution in [1.29, 1.82) is 0 Å². The van der Waals surface area contributed by atoms with Gasteiger partial charge in [0.2, 0.25) is 11.6 Å². The van der Waals surface area contributed by atoms with Crippen LogP contribution in [0.4, 0.5) is 9.59 Å². The molecule has 5 N–H and O–H groups in total. The molecule has 0 fully saturated rings. The number of ether oxygens (including phenoxy) is 1. The van der Waals surface area contributed by atoms with Crippen molar-refractivity contribution in [1.82, 2.24) is 25.8 Å². The number of aromatic nitrogens is 1. The maximum Gasteiger partial charge on any atom is 0.408 e. The smallest absolute Gasteiger partial charge is 0.408 e. The number of carboxylic acid groups (broad SMARTS) is 1. The summed E-state index contributed by atoms with van der Waals surface area (Å²) in [4.78, 5) is 44.4. The number of carbonyl (C=O) groups excluding carboxylic acids is 3. The summed E-state index contributed by atoms with van der Waals surface area (Å²) in [5.41, 5.74) is 0.508. The molecule has 5 atom stereocenters. The van der Waals surface area contributed by atoms with Gasteiger partial charge >= 0.3 is 6.09 Å². The van der Waals surface area contributed by atoms with Gasteiger partial charge in [-0.3, -0.25) is 4.79 Å². The summed E-state index contributed by atoms with van der Waals surface area (Å²) in [5, 5.41) is 44.6. The Balaban J connectivity index is 1.43. The summed E-state index contributed by atoms with van der Waals surface area (Å²) >= 11 is 0. The number of rotatable bonds is 16. The van der Waals surface area contributed by atoms with E-state index < -0.39 is 59.4 Å². The Hall–Kier alpha value is -4.98. The number of nitrogens with one attached hydrogen (secondary N) is 3. The molecule has 0 saturated heterocycles. The van der Waals surface area contributed by atoms with Crippen molar-refractivity contribution in [2.45, 2.75) is 96.9 Å². The first-order chi connectivity index (χ1) is 25.0. The van der Waals surface area contributed by atoms with E-state index in [0.717, 1.165) is 21.4 Å². The average molecular weight is 731 g/mol. The van der Waals surface area contributed by atoms with Gasteiger partial charge in [-0.25, -0.2) is 9.78 Å². The van der Waals surface area contributed by atoms with E-state index in [1.165, 1.54) is 0 Å². The van der Waals surface area contributed by atoms with Gasteiger partial charge in [0.15, 0.2) is 6.61 Å². The fourth-order valence-electron chi connectivity index (χ4n) is 6.20. The third kappa shape index (κ3) is 12.0. The van der Waals surface area contributed by atoms with Crippen molar-refractivity contribution in [2.24, 2.45) is 5.41 Å². The summed E-state index contributed by atoms with van der Waals surface area (Å²) in [6.45, 7) is 10.3. The van der Waals surface area contributed by atoms with Gasteiger partial charge in [0.25, 0.3) is 0 Å². The number of furan rings is 1. The lowest BCUT2D eigenvalue weighted by Gasteiger charge is -2.45. The molecule has 0 bridgehead atoms. The topological polar surface area (TPSA) is 189 Å². The van der Waals surface area contributed by atoms with E-state index in [2.05, 4.69) is 20.9 Å². The Morgan fingerprint density at radius 2 is 1.45 bits per heavy atom. The second kappa shape index (κ2) is 18.2. The van der Waals surface area contributed by atoms with Crippen molar-refractivity contribution in [2.75, 3.05) is 13.1 Å². The quantitative estimate of drug-likeness (QED) is 0.114. The maximum absolute atomic E-state index is 13.9. The Morgan fingerprint density at radius 1 is 0.849 bits per heavy atom. The average Bonchev–Trinajstić information content (AvgIpc) is 3.52. The summed E-state index contributed by atoms with van der Waals surface area (Å²) in [6.07, 6.45) is -2.44. The first kappa shape index (κ1) is 40.8. The zero-order valence-electron chi connectivity index (χ0n) is 31.2. The van der Waals surface area contributed by atoms with Crippen LogP contribution in [0.15, 0.2) is 89.5 Å². The zero-order valence-corrected chi connectivity index (χ0v) is 31.2. The number of benzene rings is 2. The lowest BCUT2D eigenvalue weighted by Crippen LogP contribution is -2.62. The summed E-state index contributed by atoms with van der Waals surface area (Å²) in [7, 11) is 0. The van der Waals surface area contributed by atoms with Crippen LogP contribution in [0.1, 0.15) is 58.4 Å². The zero-order chi connectivity index (χ0) is 38.8. The minimum atomic E-state index is -1.40. The van der Waals surface area contributed by atoms with Crippen LogP contribution in [0.3, 0.4) is 0 Å². The Morgan fingerprint density at radius 3 is 2.02 bits per heavy atom. The SMILES string of the molecule is CC(C)(C)[C@H](NC(=O)OCc1cc2cccnc2o1)C(=O)N[C@@H](Cc1ccccc1)[C@H](O)CNC[C@@H](O)[C@H](Cc1ccccc1)N(C(=O)[O-])C(C)(C)C. The number of carbonyl (C=O) groups is 3. The summed E-state index contributed by atoms with van der Waals surface area (Å²) < 4.78 is 11.0. The number of aliphatic hydroxyl groups excluding tert-OH is 2. The lowest BCUT2D eigenvalue weighted by atomic mass is 9.85. The van der Waals surface area contributed by atoms with Crippen LogP contribution in [-0.4, -0.2) is 87.2 Å². The molecule has 286 valence electrons. The first-order valence-electron chi connectivity index (χ1n) is 17.7. The molecule has 0 aliphatic heterocycles. The molecule has 13 nitrogen and oxygen atoms in total. The second-order valence-corrected chi connectivity index (χ2v) is 15.3. The highest BCUT2D eigenvalue weighted by Crippen LogP contribution is 2.23. The highest BCUT2D eigenvalue weighted by atomic mass is 16.6. The van der Waals surface area contributed by atoms with Crippen LogP contribution in [0.25, 0.3) is 11.1 Å². The van der Waals surface area contributed by atoms with Gasteiger partial charge in [-0.2, -0.15) is 0 Å². The number of alkyl carbamates (subject to hydrolysis) is 1. The van der Waals surface area contributed by atoms with E-state index in [-0.39, 0.29) is 32.5 Å². The maximum atomic E-state index is 13.9. The fourth-order valence-corrected chi connectivity index (χ4v) is 6.20. The number of aliphatic hydroxyl groups is 2. The van der Waals surface area contributed by atoms with Gasteiger partial charge in [0.1, 0.15) is 17.9 Å². The molecule has 4 aromatic rings. The number of hydrogen-bond donors (Lipinski definition) is 5. The number of pyridine rings is 1. The van der Waals surface area contributed by atoms with E-state index >= 15 is 0 Å². The molecule has 2 aromatic heterocycles. The van der Waals surface area contributed by atoms with Crippen LogP contribution < -0.4 is 21.1 Å². The van der Waals surface area contributed by atoms with Gasteiger partial charge in [-0.05, 0) is 68.4 Å². The van der Waals surface area contributed by atoms with Gasteiger partial charge in [-0.1, -0.05) is 81.4 Å². The van der Waals surface area contributed by atoms with Crippen molar-refractivity contribution in [3.63, 3.8) is 0 Å². The third-order valence-corrected chi connectivity index (χ3v) is 8.86. The molecule has 0 saturated carbocycles. The van der Waals surface area contributed by atoms with E-state index in [0.29, 0.717) is 11.5 Å². The van der Waals surface area contributed by atoms with Crippen LogP contribution in [0, 0.1) is 5.41 Å². The van der Waals surface area contributed by atoms with Gasteiger partial charge in [0, 0.05) is 30.2 Å². The van der Waals surface area contributed by atoms with E-state index in [4.69, 9.17) is 9.15 Å². The summed E-state index contributed by atoms with van der Waals surface area (Å²) in [6, 6.07) is 21.2. The van der Waals surface area contributed by atoms with Gasteiger partial charge in [-0.15, -0.1) is 0 Å². The standard InChI is InChI=1S/C40H53N5O8/c1-39(2,3)34(44-37(49)52-25-29-22-28-18-13-19-42-36(28)53-29)35(48)43-30(20-26-14-9-7-10-15-26)32(46)23-41-24-33(47)31(21-27-16-11-8-12-17-27)45(38(50)51)40(4,5)6/h7-19,22,30-34,41,46-47H,20-21,23-25H2,1-6H3,(H,43,48)(H,44,49)(H,50,51)/p-1/t30-,31-,32+,33+,34+/m0/s1. The van der Waals surface area contributed by atoms with Crippen LogP contribution in [-0.2, 0) is 29.0 Å². The number of amides is 3. The predicted octanol–water partition coefficient (Wildman–Crippen LogP) is 3.56. The minimum absolute atomic E-state index is 0.0459. The highest BCUT2D eigenvalue weighted by Gasteiger charge is 2.37. The molecule has 0 unspecified atom stereocenters. The second-order valence-electron chi connectivity index (χ2n) is 15.3. The molecule has 0 radical (unpaired) electrons. The lowest BCUT2D eigenvalue weighted by molar-refractivity contribution is -0.275. The van der Waals surface area contributed by atoms with Crippen molar-refractivity contribution in [3.05, 3.63) is 102 Å². The normalized spacial score (nSPS) is 14.8. The Labute approximate surface area is 310 Å². The number of nitrogens with zero attached hydrogens (tertiary/aromatic N) is 2. The van der Waals surface area contributed by atoms with Crippen molar-refractivity contribution >= 4 is 29.2 Å². The molecule has 3 amide bonds. The summed E-state index contributed by atoms with van der Waals surface area (Å²) in [5.74, 6) is -0.133. The molecule has 4 rings (SSSR count). The molecule has 0 aliphatic rings. The van der Waals surface area contributed by atoms with Crippen LogP contribution in [0.2, 0.25) is 0 Å². The molecule has 13 heteroatoms. The molecule has 2 heterocycles. The third-order valence-electron chi connectivity index (χ3n) is 8.86. The van der Waals surface area contributed by atoms with Gasteiger partial charge < -0.3 is 50.1 Å². The van der Waals surface area contributed by atoms with E-state index in [9.17, 15) is 29.7 Å². The first-order valence-corrected chi connectivity index (χ1v) is 17.7. The number of fused-ring (bicyclic) bond motifs is 1. The minimum Gasteiger partial charge on any atom is -0.530 e. The molecule has 2 aromatic carbocycles. The van der Waals surface area contributed by atoms with E-state index in [1.54, 1.807) is 59.9 Å². The highest BCUT2D eigenvalue weighted by molar-refractivity contribution is 5.86. The number of hydrogen-bond acceptors (Lipinski definition) is 10. The molecular weight excluding hydrogens is 678 g/mol. The molecule has 0 spiro atoms. The molecule has 53 heavy (non-hydrogen) atoms. The fraction of sp³-hybridized carbons (Fsp3) is 0.450.